The molecule has 54 heavy (non-hydrogen) atoms. The Labute approximate surface area is 331 Å². The highest BCUT2D eigenvalue weighted by atomic mass is 31.2. The summed E-state index contributed by atoms with van der Waals surface area (Å²) in [5, 5.41) is 0. The van der Waals surface area contributed by atoms with E-state index < -0.39 is 32.5 Å². The highest BCUT2D eigenvalue weighted by Crippen LogP contribution is 2.43. The van der Waals surface area contributed by atoms with E-state index in [9.17, 15) is 19.0 Å². The summed E-state index contributed by atoms with van der Waals surface area (Å²) in [5.41, 5.74) is 0. The second-order valence-electron chi connectivity index (χ2n) is 15.5. The Morgan fingerprint density at radius 1 is 0.630 bits per heavy atom. The molecule has 0 radical (unpaired) electrons. The quantitative estimate of drug-likeness (QED) is 0.0216. The first-order valence-electron chi connectivity index (χ1n) is 21.3. The monoisotopic (exact) mass is 783 g/mol. The highest BCUT2D eigenvalue weighted by molar-refractivity contribution is 7.47. The van der Waals surface area contributed by atoms with Crippen LogP contribution in [0.15, 0.2) is 49.1 Å². The number of nitrogens with zero attached hydrogens (tertiary/aromatic N) is 1. The van der Waals surface area contributed by atoms with Crippen molar-refractivity contribution in [2.75, 3.05) is 47.5 Å². The molecule has 0 spiro atoms. The van der Waals surface area contributed by atoms with Gasteiger partial charge in [-0.1, -0.05) is 133 Å². The van der Waals surface area contributed by atoms with Crippen LogP contribution in [0.25, 0.3) is 0 Å². The molecule has 0 aliphatic heterocycles. The zero-order valence-corrected chi connectivity index (χ0v) is 35.9. The molecular formula is C44H81NO8P+. The van der Waals surface area contributed by atoms with E-state index >= 15 is 0 Å². The molecule has 0 aliphatic carbocycles. The molecular weight excluding hydrogens is 701 g/mol. The molecule has 0 aliphatic rings. The number of phosphoric acid groups is 1. The van der Waals surface area contributed by atoms with Gasteiger partial charge in [-0.25, -0.2) is 4.57 Å². The summed E-state index contributed by atoms with van der Waals surface area (Å²) < 4.78 is 34.2. The van der Waals surface area contributed by atoms with E-state index in [0.717, 1.165) is 57.8 Å². The highest BCUT2D eigenvalue weighted by Gasteiger charge is 2.27. The number of carbonyl (C=O) groups excluding carboxylic acids is 2. The van der Waals surface area contributed by atoms with Gasteiger partial charge in [-0.3, -0.25) is 18.6 Å². The van der Waals surface area contributed by atoms with E-state index in [0.29, 0.717) is 23.9 Å². The maximum atomic E-state index is 12.7. The van der Waals surface area contributed by atoms with Gasteiger partial charge in [-0.15, -0.1) is 6.58 Å². The van der Waals surface area contributed by atoms with Crippen molar-refractivity contribution in [1.29, 1.82) is 0 Å². The van der Waals surface area contributed by atoms with E-state index in [1.807, 2.05) is 27.2 Å². The summed E-state index contributed by atoms with van der Waals surface area (Å²) in [6.45, 7) is 5.86. The molecule has 0 aromatic rings. The van der Waals surface area contributed by atoms with Crippen molar-refractivity contribution in [2.45, 2.75) is 174 Å². The minimum atomic E-state index is -4.38. The molecule has 1 N–H and O–H groups in total. The van der Waals surface area contributed by atoms with Crippen molar-refractivity contribution in [2.24, 2.45) is 0 Å². The van der Waals surface area contributed by atoms with Gasteiger partial charge in [0.1, 0.15) is 19.8 Å². The number of hydrogen-bond acceptors (Lipinski definition) is 7. The van der Waals surface area contributed by atoms with Gasteiger partial charge in [0, 0.05) is 12.8 Å². The number of quaternary nitrogens is 1. The summed E-state index contributed by atoms with van der Waals surface area (Å²) in [6, 6.07) is 0. The lowest BCUT2D eigenvalue weighted by Gasteiger charge is -2.24. The topological polar surface area (TPSA) is 108 Å². The number of ether oxygens (including phenoxy) is 2. The minimum Gasteiger partial charge on any atom is -0.462 e. The Hall–Kier alpha value is -2.03. The van der Waals surface area contributed by atoms with Crippen LogP contribution in [0.1, 0.15) is 167 Å². The van der Waals surface area contributed by atoms with Crippen molar-refractivity contribution < 1.29 is 42.1 Å². The Morgan fingerprint density at radius 3 is 1.63 bits per heavy atom. The van der Waals surface area contributed by atoms with Gasteiger partial charge in [0.2, 0.25) is 0 Å². The lowest BCUT2D eigenvalue weighted by atomic mass is 10.0. The third kappa shape index (κ3) is 39.7. The first-order chi connectivity index (χ1) is 26.0. The molecule has 10 heteroatoms. The number of rotatable bonds is 39. The molecule has 0 heterocycles. The summed E-state index contributed by atoms with van der Waals surface area (Å²) in [7, 11) is 1.45. The predicted octanol–water partition coefficient (Wildman–Crippen LogP) is 11.9. The van der Waals surface area contributed by atoms with Gasteiger partial charge in [0.25, 0.3) is 0 Å². The van der Waals surface area contributed by atoms with E-state index in [2.05, 4.69) is 50.0 Å². The number of carbonyl (C=O) groups is 2. The summed E-state index contributed by atoms with van der Waals surface area (Å²) in [4.78, 5) is 35.3. The molecule has 0 rings (SSSR count). The molecule has 0 aromatic heterocycles. The van der Waals surface area contributed by atoms with Crippen LogP contribution in [0, 0.1) is 0 Å². The number of unbranched alkanes of at least 4 members (excludes halogenated alkanes) is 18. The van der Waals surface area contributed by atoms with E-state index in [1.54, 1.807) is 0 Å². The number of phosphoric ester groups is 1. The van der Waals surface area contributed by atoms with E-state index in [4.69, 9.17) is 18.5 Å². The standard InChI is InChI=1S/C44H80NO8P/c1-6-8-10-12-14-16-18-20-22-24-26-28-30-32-34-36-43(46)50-40-42(41-52-54(48,49)51-39-38-45(3,4)5)53-44(47)37-35-33-31-29-27-25-23-21-19-17-15-13-11-9-7-2/h7,14,16,20,22,26,28,42H,2,6,8-13,15,17-19,21,23-25,27,29-41H2,1,3-5H3/p+1/b16-14+,22-20+,28-26+/t42-/m1/s1. The molecule has 0 saturated carbocycles. The van der Waals surface area contributed by atoms with Crippen LogP contribution in [0.3, 0.4) is 0 Å². The normalized spacial score (nSPS) is 13.9. The molecule has 314 valence electrons. The number of hydrogen-bond donors (Lipinski definition) is 1. The van der Waals surface area contributed by atoms with Crippen molar-refractivity contribution in [3.05, 3.63) is 49.1 Å². The average Bonchev–Trinajstić information content (AvgIpc) is 3.12. The van der Waals surface area contributed by atoms with Gasteiger partial charge in [0.05, 0.1) is 27.7 Å². The molecule has 0 aromatic carbocycles. The Morgan fingerprint density at radius 2 is 1.09 bits per heavy atom. The second-order valence-corrected chi connectivity index (χ2v) is 16.9. The van der Waals surface area contributed by atoms with Gasteiger partial charge < -0.3 is 18.9 Å². The smallest absolute Gasteiger partial charge is 0.462 e. The SMILES string of the molecule is C=CCCCCCCCCCCCCCCCC(=O)O[C@H](COC(=O)CCCC/C=C/C/C=C/C/C=C/CCCCC)COP(=O)(O)OCC[N+](C)(C)C. The van der Waals surface area contributed by atoms with Gasteiger partial charge in [0.15, 0.2) is 6.10 Å². The number of esters is 2. The van der Waals surface area contributed by atoms with Crippen LogP contribution in [0.4, 0.5) is 0 Å². The zero-order chi connectivity index (χ0) is 40.0. The van der Waals surface area contributed by atoms with Crippen molar-refractivity contribution >= 4 is 19.8 Å². The first-order valence-corrected chi connectivity index (χ1v) is 22.8. The van der Waals surface area contributed by atoms with Crippen LogP contribution in [0.5, 0.6) is 0 Å². The maximum Gasteiger partial charge on any atom is 0.472 e. The molecule has 1 unspecified atom stereocenters. The van der Waals surface area contributed by atoms with Crippen molar-refractivity contribution in [3.63, 3.8) is 0 Å². The number of likely N-dealkylation sites (N-methyl/N-ethyl adjacent to an activating group) is 1. The largest absolute Gasteiger partial charge is 0.472 e. The second kappa shape index (κ2) is 36.6. The van der Waals surface area contributed by atoms with Crippen LogP contribution in [-0.2, 0) is 32.7 Å². The molecule has 2 atom stereocenters. The van der Waals surface area contributed by atoms with Crippen LogP contribution in [0.2, 0.25) is 0 Å². The Bertz CT molecular complexity index is 1050. The molecule has 0 bridgehead atoms. The molecule has 0 saturated heterocycles. The lowest BCUT2D eigenvalue weighted by molar-refractivity contribution is -0.870. The lowest BCUT2D eigenvalue weighted by Crippen LogP contribution is -2.37. The van der Waals surface area contributed by atoms with Crippen LogP contribution < -0.4 is 0 Å². The summed E-state index contributed by atoms with van der Waals surface area (Å²) >= 11 is 0. The van der Waals surface area contributed by atoms with Crippen molar-refractivity contribution in [1.82, 2.24) is 0 Å². The summed E-state index contributed by atoms with van der Waals surface area (Å²) in [5.74, 6) is -0.847. The molecule has 0 amide bonds. The Kier molecular flexibility index (Phi) is 35.2. The van der Waals surface area contributed by atoms with E-state index in [-0.39, 0.29) is 26.1 Å². The van der Waals surface area contributed by atoms with Crippen molar-refractivity contribution in [3.8, 4) is 0 Å². The minimum absolute atomic E-state index is 0.0240. The van der Waals surface area contributed by atoms with E-state index in [1.165, 1.54) is 77.0 Å². The number of allylic oxidation sites excluding steroid dienone is 7. The van der Waals surface area contributed by atoms with Crippen LogP contribution in [-0.4, -0.2) is 74.9 Å². The maximum absolute atomic E-state index is 12.7. The van der Waals surface area contributed by atoms with Crippen LogP contribution >= 0.6 is 7.82 Å². The first kappa shape index (κ1) is 52.0. The Balaban J connectivity index is 4.43. The average molecular weight is 783 g/mol. The fourth-order valence-corrected chi connectivity index (χ4v) is 6.33. The third-order valence-corrected chi connectivity index (χ3v) is 9.96. The van der Waals surface area contributed by atoms with Gasteiger partial charge in [-0.05, 0) is 64.2 Å². The zero-order valence-electron chi connectivity index (χ0n) is 35.0. The fourth-order valence-electron chi connectivity index (χ4n) is 5.59. The summed E-state index contributed by atoms with van der Waals surface area (Å²) in [6.07, 6.45) is 40.5. The van der Waals surface area contributed by atoms with Gasteiger partial charge >= 0.3 is 19.8 Å². The van der Waals surface area contributed by atoms with Gasteiger partial charge in [-0.2, -0.15) is 0 Å². The molecule has 0 fully saturated rings. The third-order valence-electron chi connectivity index (χ3n) is 8.98. The fraction of sp³-hybridized carbons (Fsp3) is 0.773. The predicted molar refractivity (Wildman–Crippen MR) is 224 cm³/mol. The molecule has 9 nitrogen and oxygen atoms in total.